The van der Waals surface area contributed by atoms with Crippen LogP contribution in [-0.2, 0) is 23.9 Å². The van der Waals surface area contributed by atoms with Gasteiger partial charge in [-0.2, -0.15) is 0 Å². The predicted molar refractivity (Wildman–Crippen MR) is 97.4 cm³/mol. The molecule has 4 atom stereocenters. The maximum Gasteiger partial charge on any atom is 0.317 e. The van der Waals surface area contributed by atoms with Crippen LogP contribution >= 0.6 is 15.9 Å². The van der Waals surface area contributed by atoms with Crippen LogP contribution in [0.1, 0.15) is 38.7 Å². The fraction of sp³-hybridized carbons (Fsp3) is 0.526. The molecule has 0 aliphatic heterocycles. The maximum atomic E-state index is 12.7. The Labute approximate surface area is 161 Å². The van der Waals surface area contributed by atoms with Gasteiger partial charge in [-0.15, -0.1) is 0 Å². The number of rotatable bonds is 5. The summed E-state index contributed by atoms with van der Waals surface area (Å²) in [7, 11) is 0. The molecule has 0 saturated heterocycles. The molecule has 6 nitrogen and oxygen atoms in total. The Balaban J connectivity index is 2.61. The van der Waals surface area contributed by atoms with Crippen LogP contribution in [-0.4, -0.2) is 41.6 Å². The third kappa shape index (κ3) is 4.15. The summed E-state index contributed by atoms with van der Waals surface area (Å²) in [6.07, 6.45) is -0.315. The van der Waals surface area contributed by atoms with Crippen LogP contribution in [0.5, 0.6) is 0 Å². The number of aliphatic hydroxyl groups is 1. The molecule has 1 aliphatic rings. The average molecular weight is 427 g/mol. The highest BCUT2D eigenvalue weighted by molar-refractivity contribution is 9.10. The zero-order chi connectivity index (χ0) is 19.5. The molecule has 142 valence electrons. The molecular formula is C19H23BrO6. The Morgan fingerprint density at radius 3 is 2.42 bits per heavy atom. The van der Waals surface area contributed by atoms with Gasteiger partial charge in [0.05, 0.1) is 24.7 Å². The minimum Gasteiger partial charge on any atom is -0.466 e. The van der Waals surface area contributed by atoms with Crippen LogP contribution in [0.3, 0.4) is 0 Å². The minimum atomic E-state index is -1.63. The van der Waals surface area contributed by atoms with Gasteiger partial charge in [0.15, 0.2) is 5.78 Å². The summed E-state index contributed by atoms with van der Waals surface area (Å²) in [6.45, 7) is 5.00. The van der Waals surface area contributed by atoms with Crippen molar-refractivity contribution in [3.8, 4) is 0 Å². The van der Waals surface area contributed by atoms with Gasteiger partial charge in [-0.25, -0.2) is 0 Å². The van der Waals surface area contributed by atoms with Crippen molar-refractivity contribution >= 4 is 33.7 Å². The molecule has 2 rings (SSSR count). The van der Waals surface area contributed by atoms with Gasteiger partial charge in [-0.05, 0) is 38.5 Å². The smallest absolute Gasteiger partial charge is 0.317 e. The third-order valence-corrected chi connectivity index (χ3v) is 5.08. The van der Waals surface area contributed by atoms with E-state index in [-0.39, 0.29) is 19.6 Å². The summed E-state index contributed by atoms with van der Waals surface area (Å²) >= 11 is 3.37. The molecule has 0 bridgehead atoms. The molecule has 0 aromatic heterocycles. The van der Waals surface area contributed by atoms with E-state index >= 15 is 0 Å². The molecule has 26 heavy (non-hydrogen) atoms. The van der Waals surface area contributed by atoms with Crippen molar-refractivity contribution in [1.82, 2.24) is 0 Å². The molecule has 1 fully saturated rings. The Bertz CT molecular complexity index is 699. The van der Waals surface area contributed by atoms with Gasteiger partial charge in [0, 0.05) is 16.8 Å². The van der Waals surface area contributed by atoms with Gasteiger partial charge in [-0.3, -0.25) is 14.4 Å². The van der Waals surface area contributed by atoms with Gasteiger partial charge < -0.3 is 14.6 Å². The zero-order valence-corrected chi connectivity index (χ0v) is 16.6. The lowest BCUT2D eigenvalue weighted by Crippen LogP contribution is -2.55. The van der Waals surface area contributed by atoms with Gasteiger partial charge in [0.25, 0.3) is 0 Å². The number of hydrogen-bond acceptors (Lipinski definition) is 6. The van der Waals surface area contributed by atoms with E-state index in [2.05, 4.69) is 15.9 Å². The molecule has 1 aliphatic carbocycles. The number of esters is 2. The number of carbonyl (C=O) groups is 3. The summed E-state index contributed by atoms with van der Waals surface area (Å²) in [5.41, 5.74) is -1.04. The first-order valence-corrected chi connectivity index (χ1v) is 9.36. The van der Waals surface area contributed by atoms with E-state index in [9.17, 15) is 19.5 Å². The molecule has 1 aromatic carbocycles. The molecule has 0 spiro atoms. The first-order valence-electron chi connectivity index (χ1n) is 8.56. The van der Waals surface area contributed by atoms with Crippen LogP contribution in [0.25, 0.3) is 0 Å². The Kier molecular flexibility index (Phi) is 6.58. The normalized spacial score (nSPS) is 28.5. The lowest BCUT2D eigenvalue weighted by atomic mass is 9.62. The maximum absolute atomic E-state index is 12.7. The van der Waals surface area contributed by atoms with Crippen LogP contribution in [0.15, 0.2) is 28.7 Å². The highest BCUT2D eigenvalue weighted by Crippen LogP contribution is 2.47. The molecule has 0 amide bonds. The fourth-order valence-electron chi connectivity index (χ4n) is 3.59. The quantitative estimate of drug-likeness (QED) is 0.574. The lowest BCUT2D eigenvalue weighted by Gasteiger charge is -2.43. The molecular weight excluding hydrogens is 404 g/mol. The topological polar surface area (TPSA) is 89.9 Å². The van der Waals surface area contributed by atoms with Crippen molar-refractivity contribution in [2.75, 3.05) is 13.2 Å². The number of benzene rings is 1. The van der Waals surface area contributed by atoms with Crippen molar-refractivity contribution in [2.24, 2.45) is 11.8 Å². The second-order valence-corrected chi connectivity index (χ2v) is 7.46. The predicted octanol–water partition coefficient (Wildman–Crippen LogP) is 2.62. The van der Waals surface area contributed by atoms with Gasteiger partial charge in [0.1, 0.15) is 5.92 Å². The number of carbonyl (C=O) groups excluding carboxylic acids is 3. The second kappa shape index (κ2) is 8.31. The van der Waals surface area contributed by atoms with E-state index in [1.54, 1.807) is 38.1 Å². The number of ketones is 1. The standard InChI is InChI=1S/C19H23BrO6/c1-4-25-17(22)15-13(21)10-19(3,24)16(18(23)26-5-2)14(15)11-7-6-8-12(20)9-11/h6-9,14-16,24H,4-5,10H2,1-3H3/t14-,15-,16-,19+/m1/s1. The Hall–Kier alpha value is -1.73. The van der Waals surface area contributed by atoms with Crippen LogP contribution in [0, 0.1) is 11.8 Å². The molecule has 7 heteroatoms. The largest absolute Gasteiger partial charge is 0.466 e. The zero-order valence-electron chi connectivity index (χ0n) is 15.0. The highest BCUT2D eigenvalue weighted by Gasteiger charge is 2.57. The van der Waals surface area contributed by atoms with Crippen molar-refractivity contribution in [1.29, 1.82) is 0 Å². The molecule has 0 radical (unpaired) electrons. The van der Waals surface area contributed by atoms with Crippen LogP contribution in [0.4, 0.5) is 0 Å². The van der Waals surface area contributed by atoms with Crippen molar-refractivity contribution in [3.05, 3.63) is 34.3 Å². The third-order valence-electron chi connectivity index (χ3n) is 4.58. The second-order valence-electron chi connectivity index (χ2n) is 6.54. The number of ether oxygens (including phenoxy) is 2. The monoisotopic (exact) mass is 426 g/mol. The molecule has 1 saturated carbocycles. The first-order chi connectivity index (χ1) is 12.2. The van der Waals surface area contributed by atoms with E-state index in [4.69, 9.17) is 9.47 Å². The number of halogens is 1. The molecule has 0 unspecified atom stereocenters. The van der Waals surface area contributed by atoms with E-state index in [0.29, 0.717) is 5.56 Å². The van der Waals surface area contributed by atoms with Crippen molar-refractivity contribution < 1.29 is 29.0 Å². The SMILES string of the molecule is CCOC(=O)[C@@H]1C(=O)C[C@](C)(O)[C@@H](C(=O)OCC)[C@@H]1c1cccc(Br)c1. The summed E-state index contributed by atoms with van der Waals surface area (Å²) < 4.78 is 11.0. The van der Waals surface area contributed by atoms with E-state index < -0.39 is 41.1 Å². The summed E-state index contributed by atoms with van der Waals surface area (Å²) in [5, 5.41) is 10.8. The van der Waals surface area contributed by atoms with Gasteiger partial charge in [0.2, 0.25) is 0 Å². The highest BCUT2D eigenvalue weighted by atomic mass is 79.9. The number of Topliss-reactive ketones (excluding diaryl/α,β-unsaturated/α-hetero) is 1. The van der Waals surface area contributed by atoms with Crippen LogP contribution < -0.4 is 0 Å². The summed E-state index contributed by atoms with van der Waals surface area (Å²) in [5.74, 6) is -4.87. The van der Waals surface area contributed by atoms with Crippen molar-refractivity contribution in [2.45, 2.75) is 38.7 Å². The van der Waals surface area contributed by atoms with E-state index in [1.165, 1.54) is 6.92 Å². The fourth-order valence-corrected chi connectivity index (χ4v) is 4.01. The molecule has 1 N–H and O–H groups in total. The van der Waals surface area contributed by atoms with Gasteiger partial charge in [-0.1, -0.05) is 28.1 Å². The van der Waals surface area contributed by atoms with Crippen molar-refractivity contribution in [3.63, 3.8) is 0 Å². The summed E-state index contributed by atoms with van der Waals surface area (Å²) in [6, 6.07) is 7.00. The average Bonchev–Trinajstić information content (AvgIpc) is 2.53. The molecule has 0 heterocycles. The number of hydrogen-bond donors (Lipinski definition) is 1. The summed E-state index contributed by atoms with van der Waals surface area (Å²) in [4.78, 5) is 37.9. The van der Waals surface area contributed by atoms with E-state index in [1.807, 2.05) is 0 Å². The first kappa shape index (κ1) is 20.6. The van der Waals surface area contributed by atoms with Crippen LogP contribution in [0.2, 0.25) is 0 Å². The molecule has 1 aromatic rings. The van der Waals surface area contributed by atoms with Gasteiger partial charge >= 0.3 is 11.9 Å². The minimum absolute atomic E-state index is 0.119. The Morgan fingerprint density at radius 1 is 1.23 bits per heavy atom. The lowest BCUT2D eigenvalue weighted by molar-refractivity contribution is -0.172. The Morgan fingerprint density at radius 2 is 1.85 bits per heavy atom. The van der Waals surface area contributed by atoms with E-state index in [0.717, 1.165) is 4.47 Å².